The van der Waals surface area contributed by atoms with E-state index in [-0.39, 0.29) is 0 Å². The molecule has 0 aliphatic rings. The zero-order chi connectivity index (χ0) is 14.4. The lowest BCUT2D eigenvalue weighted by atomic mass is 10.2. The number of hydrogen-bond donors (Lipinski definition) is 0. The van der Waals surface area contributed by atoms with Crippen LogP contribution in [0.25, 0.3) is 0 Å². The number of rotatable bonds is 5. The quantitative estimate of drug-likeness (QED) is 0.712. The first-order chi connectivity index (χ1) is 9.74. The van der Waals surface area contributed by atoms with Crippen molar-refractivity contribution in [3.05, 3.63) is 58.1 Å². The van der Waals surface area contributed by atoms with E-state index < -0.39 is 0 Å². The molecule has 0 spiro atoms. The van der Waals surface area contributed by atoms with E-state index in [1.165, 1.54) is 0 Å². The largest absolute Gasteiger partial charge is 0.487 e. The van der Waals surface area contributed by atoms with Gasteiger partial charge in [0.15, 0.2) is 0 Å². The van der Waals surface area contributed by atoms with Gasteiger partial charge in [-0.15, -0.1) is 11.8 Å². The van der Waals surface area contributed by atoms with E-state index in [0.717, 1.165) is 20.7 Å². The highest BCUT2D eigenvalue weighted by molar-refractivity contribution is 9.10. The van der Waals surface area contributed by atoms with Gasteiger partial charge < -0.3 is 4.74 Å². The Bertz CT molecular complexity index is 619. The van der Waals surface area contributed by atoms with Crippen LogP contribution in [0.3, 0.4) is 0 Å². The lowest BCUT2D eigenvalue weighted by Crippen LogP contribution is -1.98. The standard InChI is InChI=1S/C16H14BrNOS/c1-2-20-16-5-3-4-15(14(16)10-18)19-11-12-6-8-13(17)9-7-12/h3-9H,2,11H2,1H3. The molecule has 0 bridgehead atoms. The Kier molecular flexibility index (Phi) is 5.51. The van der Waals surface area contributed by atoms with E-state index in [0.29, 0.717) is 17.9 Å². The monoisotopic (exact) mass is 347 g/mol. The molecule has 0 amide bonds. The fraction of sp³-hybridized carbons (Fsp3) is 0.188. The Morgan fingerprint density at radius 2 is 1.95 bits per heavy atom. The second-order valence-electron chi connectivity index (χ2n) is 4.09. The fourth-order valence-corrected chi connectivity index (χ4v) is 2.80. The van der Waals surface area contributed by atoms with Crippen molar-refractivity contribution in [2.75, 3.05) is 5.75 Å². The summed E-state index contributed by atoms with van der Waals surface area (Å²) in [6.45, 7) is 2.53. The molecule has 20 heavy (non-hydrogen) atoms. The van der Waals surface area contributed by atoms with Crippen molar-refractivity contribution in [1.82, 2.24) is 0 Å². The maximum atomic E-state index is 9.31. The van der Waals surface area contributed by atoms with Gasteiger partial charge in [-0.3, -0.25) is 0 Å². The Labute approximate surface area is 131 Å². The van der Waals surface area contributed by atoms with E-state index in [9.17, 15) is 5.26 Å². The zero-order valence-electron chi connectivity index (χ0n) is 11.1. The van der Waals surface area contributed by atoms with Crippen molar-refractivity contribution >= 4 is 27.7 Å². The van der Waals surface area contributed by atoms with Crippen LogP contribution in [0.1, 0.15) is 18.1 Å². The summed E-state index contributed by atoms with van der Waals surface area (Å²) in [7, 11) is 0. The predicted octanol–water partition coefficient (Wildman–Crippen LogP) is 5.01. The second-order valence-corrected chi connectivity index (χ2v) is 6.31. The highest BCUT2D eigenvalue weighted by Crippen LogP contribution is 2.29. The zero-order valence-corrected chi connectivity index (χ0v) is 13.5. The third kappa shape index (κ3) is 3.78. The number of nitriles is 1. The van der Waals surface area contributed by atoms with Crippen LogP contribution in [0.15, 0.2) is 51.8 Å². The van der Waals surface area contributed by atoms with Gasteiger partial charge in [0.25, 0.3) is 0 Å². The summed E-state index contributed by atoms with van der Waals surface area (Å²) in [5.74, 6) is 1.58. The first kappa shape index (κ1) is 15.0. The fourth-order valence-electron chi connectivity index (χ4n) is 1.76. The third-order valence-electron chi connectivity index (χ3n) is 2.71. The molecule has 0 saturated carbocycles. The summed E-state index contributed by atoms with van der Waals surface area (Å²) in [6.07, 6.45) is 0. The van der Waals surface area contributed by atoms with Gasteiger partial charge >= 0.3 is 0 Å². The van der Waals surface area contributed by atoms with Crippen LogP contribution in [0, 0.1) is 11.3 Å². The molecule has 0 unspecified atom stereocenters. The van der Waals surface area contributed by atoms with Gasteiger partial charge in [-0.05, 0) is 35.6 Å². The lowest BCUT2D eigenvalue weighted by molar-refractivity contribution is 0.304. The molecule has 4 heteroatoms. The molecule has 0 aliphatic carbocycles. The smallest absolute Gasteiger partial charge is 0.138 e. The summed E-state index contributed by atoms with van der Waals surface area (Å²) < 4.78 is 6.83. The van der Waals surface area contributed by atoms with Crippen LogP contribution in [-0.4, -0.2) is 5.75 Å². The molecule has 0 aliphatic heterocycles. The second kappa shape index (κ2) is 7.37. The third-order valence-corrected chi connectivity index (χ3v) is 4.18. The van der Waals surface area contributed by atoms with Crippen LogP contribution in [0.2, 0.25) is 0 Å². The normalized spacial score (nSPS) is 10.1. The average Bonchev–Trinajstić information content (AvgIpc) is 2.47. The minimum atomic E-state index is 0.461. The molecule has 0 N–H and O–H groups in total. The van der Waals surface area contributed by atoms with Crippen molar-refractivity contribution in [2.45, 2.75) is 18.4 Å². The molecule has 0 saturated heterocycles. The highest BCUT2D eigenvalue weighted by Gasteiger charge is 2.09. The van der Waals surface area contributed by atoms with Gasteiger partial charge in [-0.25, -0.2) is 0 Å². The molecular weight excluding hydrogens is 334 g/mol. The molecule has 0 aromatic heterocycles. The summed E-state index contributed by atoms with van der Waals surface area (Å²) in [5.41, 5.74) is 1.70. The molecule has 102 valence electrons. The Morgan fingerprint density at radius 1 is 1.20 bits per heavy atom. The molecular formula is C16H14BrNOS. The first-order valence-electron chi connectivity index (χ1n) is 6.27. The molecule has 0 fully saturated rings. The van der Waals surface area contributed by atoms with Crippen LogP contribution >= 0.6 is 27.7 Å². The van der Waals surface area contributed by atoms with E-state index in [2.05, 4.69) is 28.9 Å². The lowest BCUT2D eigenvalue weighted by Gasteiger charge is -2.10. The molecule has 0 heterocycles. The van der Waals surface area contributed by atoms with Crippen LogP contribution in [-0.2, 0) is 6.61 Å². The molecule has 0 radical (unpaired) electrons. The number of halogens is 1. The van der Waals surface area contributed by atoms with Gasteiger partial charge in [0.2, 0.25) is 0 Å². The molecule has 0 atom stereocenters. The van der Waals surface area contributed by atoms with Gasteiger partial charge in [-0.1, -0.05) is 41.1 Å². The highest BCUT2D eigenvalue weighted by atomic mass is 79.9. The van der Waals surface area contributed by atoms with Gasteiger partial charge in [0.05, 0.1) is 0 Å². The van der Waals surface area contributed by atoms with Crippen molar-refractivity contribution in [2.24, 2.45) is 0 Å². The number of thioether (sulfide) groups is 1. The molecule has 2 aromatic carbocycles. The van der Waals surface area contributed by atoms with E-state index in [1.807, 2.05) is 42.5 Å². The Balaban J connectivity index is 2.15. The molecule has 2 aromatic rings. The number of nitrogens with zero attached hydrogens (tertiary/aromatic N) is 1. The molecule has 2 nitrogen and oxygen atoms in total. The minimum Gasteiger partial charge on any atom is -0.487 e. The van der Waals surface area contributed by atoms with Crippen molar-refractivity contribution < 1.29 is 4.74 Å². The van der Waals surface area contributed by atoms with Crippen molar-refractivity contribution in [3.8, 4) is 11.8 Å². The maximum Gasteiger partial charge on any atom is 0.138 e. The summed E-state index contributed by atoms with van der Waals surface area (Å²) in [4.78, 5) is 0.975. The predicted molar refractivity (Wildman–Crippen MR) is 86.0 cm³/mol. The first-order valence-corrected chi connectivity index (χ1v) is 8.05. The van der Waals surface area contributed by atoms with Gasteiger partial charge in [0.1, 0.15) is 24.0 Å². The maximum absolute atomic E-state index is 9.31. The summed E-state index contributed by atoms with van der Waals surface area (Å²) in [6, 6.07) is 15.9. The SMILES string of the molecule is CCSc1cccc(OCc2ccc(Br)cc2)c1C#N. The van der Waals surface area contributed by atoms with Crippen LogP contribution in [0.4, 0.5) is 0 Å². The number of benzene rings is 2. The van der Waals surface area contributed by atoms with Crippen LogP contribution < -0.4 is 4.74 Å². The van der Waals surface area contributed by atoms with Gasteiger partial charge in [0, 0.05) is 9.37 Å². The van der Waals surface area contributed by atoms with E-state index >= 15 is 0 Å². The Morgan fingerprint density at radius 3 is 2.60 bits per heavy atom. The van der Waals surface area contributed by atoms with Crippen molar-refractivity contribution in [1.29, 1.82) is 5.26 Å². The minimum absolute atomic E-state index is 0.461. The topological polar surface area (TPSA) is 33.0 Å². The van der Waals surface area contributed by atoms with E-state index in [1.54, 1.807) is 11.8 Å². The van der Waals surface area contributed by atoms with E-state index in [4.69, 9.17) is 4.74 Å². The average molecular weight is 348 g/mol. The molecule has 2 rings (SSSR count). The number of hydrogen-bond acceptors (Lipinski definition) is 3. The van der Waals surface area contributed by atoms with Crippen LogP contribution in [0.5, 0.6) is 5.75 Å². The Hall–Kier alpha value is -1.44. The summed E-state index contributed by atoms with van der Waals surface area (Å²) in [5, 5.41) is 9.31. The van der Waals surface area contributed by atoms with Crippen molar-refractivity contribution in [3.63, 3.8) is 0 Å². The number of ether oxygens (including phenoxy) is 1. The van der Waals surface area contributed by atoms with Gasteiger partial charge in [-0.2, -0.15) is 5.26 Å². The summed E-state index contributed by atoms with van der Waals surface area (Å²) >= 11 is 5.06.